The molecule has 0 spiro atoms. The second kappa shape index (κ2) is 6.18. The monoisotopic (exact) mass is 335 g/mol. The Morgan fingerprint density at radius 2 is 1.62 bits per heavy atom. The minimum absolute atomic E-state index is 0.125. The van der Waals surface area contributed by atoms with E-state index in [-0.39, 0.29) is 15.0 Å². The van der Waals surface area contributed by atoms with Gasteiger partial charge in [-0.15, -0.1) is 0 Å². The molecule has 0 saturated heterocycles. The molecule has 0 aromatic heterocycles. The van der Waals surface area contributed by atoms with E-state index in [1.54, 1.807) is 0 Å². The van der Waals surface area contributed by atoms with E-state index in [1.165, 1.54) is 16.7 Å². The number of halogens is 2. The second-order valence-electron chi connectivity index (χ2n) is 2.73. The summed E-state index contributed by atoms with van der Waals surface area (Å²) < 4.78 is 0. The third-order valence-electron chi connectivity index (χ3n) is 1.76. The van der Waals surface area contributed by atoms with Crippen LogP contribution in [0.5, 0.6) is 0 Å². The Balaban J connectivity index is 0.000000251. The van der Waals surface area contributed by atoms with Crippen LogP contribution in [0.15, 0.2) is 29.8 Å². The Kier molecular flexibility index (Phi) is 5.57. The molecule has 1 radical (unpaired) electrons. The molecule has 0 aliphatic heterocycles. The van der Waals surface area contributed by atoms with Crippen molar-refractivity contribution in [2.75, 3.05) is 0 Å². The van der Waals surface area contributed by atoms with Crippen LogP contribution in [-0.2, 0) is 15.0 Å². The normalized spacial score (nSPS) is 12.4. The van der Waals surface area contributed by atoms with Crippen LogP contribution in [0.2, 0.25) is 0 Å². The Morgan fingerprint density at radius 1 is 1.08 bits per heavy atom. The average Bonchev–Trinajstić information content (AvgIpc) is 2.45. The summed E-state index contributed by atoms with van der Waals surface area (Å²) in [5, 5.41) is 0. The van der Waals surface area contributed by atoms with Crippen LogP contribution in [0, 0.1) is 6.42 Å². The van der Waals surface area contributed by atoms with Gasteiger partial charge in [0, 0.05) is 6.42 Å². The number of fused-ring (bicyclic) bond motifs is 1. The first-order valence-electron chi connectivity index (χ1n) is 3.86. The van der Waals surface area contributed by atoms with Gasteiger partial charge in [-0.2, -0.15) is 0 Å². The zero-order valence-electron chi connectivity index (χ0n) is 7.22. The van der Waals surface area contributed by atoms with Crippen molar-refractivity contribution >= 4 is 32.4 Å². The molecule has 1 aromatic rings. The van der Waals surface area contributed by atoms with Gasteiger partial charge in [-0.25, -0.2) is 0 Å². The maximum absolute atomic E-state index is 3.19. The Morgan fingerprint density at radius 3 is 2.15 bits per heavy atom. The van der Waals surface area contributed by atoms with Crippen molar-refractivity contribution in [2.24, 2.45) is 0 Å². The average molecular weight is 337 g/mol. The van der Waals surface area contributed by atoms with Crippen molar-refractivity contribution in [2.45, 2.75) is 6.92 Å². The van der Waals surface area contributed by atoms with Gasteiger partial charge in [0.2, 0.25) is 0 Å². The molecule has 0 N–H and O–H groups in total. The van der Waals surface area contributed by atoms with Gasteiger partial charge in [0.05, 0.1) is 0 Å². The van der Waals surface area contributed by atoms with Crippen LogP contribution in [0.4, 0.5) is 0 Å². The molecule has 0 nitrogen and oxygen atoms in total. The van der Waals surface area contributed by atoms with Gasteiger partial charge in [-0.05, 0) is 18.1 Å². The predicted octanol–water partition coefficient (Wildman–Crippen LogP) is 4.34. The molecule has 13 heavy (non-hydrogen) atoms. The van der Waals surface area contributed by atoms with E-state index in [2.05, 4.69) is 70.0 Å². The molecule has 0 bridgehead atoms. The second-order valence-corrected chi connectivity index (χ2v) is 10.6. The van der Waals surface area contributed by atoms with Gasteiger partial charge < -0.3 is 0 Å². The summed E-state index contributed by atoms with van der Waals surface area (Å²) in [5.74, 6) is 0. The van der Waals surface area contributed by atoms with Crippen molar-refractivity contribution in [1.82, 2.24) is 0 Å². The fourth-order valence-electron chi connectivity index (χ4n) is 1.31. The third kappa shape index (κ3) is 3.71. The first kappa shape index (κ1) is 11.7. The zero-order chi connectivity index (χ0) is 9.68. The Bertz CT molecular complexity index is 308. The molecule has 0 atom stereocenters. The van der Waals surface area contributed by atoms with Crippen molar-refractivity contribution in [1.29, 1.82) is 0 Å². The molecular weight excluding hydrogens is 328 g/mol. The van der Waals surface area contributed by atoms with Gasteiger partial charge in [0.25, 0.3) is 0 Å². The number of hydrogen-bond acceptors (Lipinski definition) is 0. The molecule has 1 aliphatic rings. The van der Waals surface area contributed by atoms with E-state index in [0.717, 1.165) is 0 Å². The van der Waals surface area contributed by atoms with Crippen LogP contribution in [-0.4, -0.2) is 0 Å². The zero-order valence-corrected chi connectivity index (χ0v) is 12.0. The van der Waals surface area contributed by atoms with Gasteiger partial charge in [0.15, 0.2) is 0 Å². The number of hydrogen-bond donors (Lipinski definition) is 0. The van der Waals surface area contributed by atoms with Crippen LogP contribution in [0.25, 0.3) is 6.08 Å². The Labute approximate surface area is 101 Å². The third-order valence-corrected chi connectivity index (χ3v) is 1.76. The molecule has 67 valence electrons. The summed E-state index contributed by atoms with van der Waals surface area (Å²) in [6, 6.07) is 8.42. The summed E-state index contributed by atoms with van der Waals surface area (Å²) in [5.41, 5.74) is 4.04. The minimum atomic E-state index is 0.125. The fraction of sp³-hybridized carbons (Fsp3) is 0.100. The van der Waals surface area contributed by atoms with Crippen molar-refractivity contribution in [3.63, 3.8) is 0 Å². The molecule has 2 rings (SSSR count). The fourth-order valence-corrected chi connectivity index (χ4v) is 1.31. The van der Waals surface area contributed by atoms with Gasteiger partial charge in [-0.3, -0.25) is 0 Å². The molecule has 0 saturated carbocycles. The molecule has 0 heterocycles. The van der Waals surface area contributed by atoms with E-state index in [0.29, 0.717) is 0 Å². The van der Waals surface area contributed by atoms with E-state index in [4.69, 9.17) is 0 Å². The first-order chi connectivity index (χ1) is 6.27. The van der Waals surface area contributed by atoms with Gasteiger partial charge in [-0.1, -0.05) is 35.9 Å². The quantitative estimate of drug-likeness (QED) is 0.618. The molecule has 0 fully saturated rings. The van der Waals surface area contributed by atoms with E-state index in [9.17, 15) is 0 Å². The molecule has 3 heteroatoms. The number of benzene rings is 1. The standard InChI is InChI=1S/C10H9.2BrH.Ti/c1-8-6-9-4-2-3-5-10(9)7-8;;;/h2-7H,1H3;2*1H;/q;;;+2/p-2. The van der Waals surface area contributed by atoms with Crippen molar-refractivity contribution in [3.8, 4) is 0 Å². The first-order valence-corrected chi connectivity index (χ1v) is 11.6. The summed E-state index contributed by atoms with van der Waals surface area (Å²) in [4.78, 5) is 0. The predicted molar refractivity (Wildman–Crippen MR) is 61.3 cm³/mol. The van der Waals surface area contributed by atoms with E-state index < -0.39 is 0 Å². The maximum atomic E-state index is 3.19. The van der Waals surface area contributed by atoms with Crippen LogP contribution >= 0.6 is 26.3 Å². The summed E-state index contributed by atoms with van der Waals surface area (Å²) >= 11 is 6.50. The summed E-state index contributed by atoms with van der Waals surface area (Å²) in [6.07, 6.45) is 4.41. The van der Waals surface area contributed by atoms with Crippen LogP contribution < -0.4 is 0 Å². The van der Waals surface area contributed by atoms with Crippen molar-refractivity contribution < 1.29 is 15.0 Å². The molecule has 1 aliphatic carbocycles. The van der Waals surface area contributed by atoms with Gasteiger partial charge >= 0.3 is 41.3 Å². The number of allylic oxidation sites excluding steroid dienone is 1. The summed E-state index contributed by atoms with van der Waals surface area (Å²) in [7, 11) is 0. The van der Waals surface area contributed by atoms with Gasteiger partial charge in [0.1, 0.15) is 0 Å². The molecular formula is C10H9Br2Ti. The number of rotatable bonds is 0. The van der Waals surface area contributed by atoms with Crippen molar-refractivity contribution in [3.05, 3.63) is 47.4 Å². The molecule has 0 unspecified atom stereocenters. The topological polar surface area (TPSA) is 0 Å². The Hall–Kier alpha value is 0.634. The van der Waals surface area contributed by atoms with Crippen LogP contribution in [0.3, 0.4) is 0 Å². The van der Waals surface area contributed by atoms with Crippen LogP contribution in [0.1, 0.15) is 18.1 Å². The van der Waals surface area contributed by atoms with E-state index in [1.807, 2.05) is 0 Å². The SMILES string of the molecule is CC1=Cc2ccccc2[CH]1.[Br][Ti][Br]. The molecule has 1 aromatic carbocycles. The van der Waals surface area contributed by atoms with E-state index >= 15 is 0 Å². The molecule has 0 amide bonds. The summed E-state index contributed by atoms with van der Waals surface area (Å²) in [6.45, 7) is 2.12.